The molecule has 2 aromatic carbocycles. The molecule has 7 rings (SSSR count). The zero-order valence-electron chi connectivity index (χ0n) is 28.3. The van der Waals surface area contributed by atoms with Crippen LogP contribution in [0.25, 0.3) is 5.57 Å². The lowest BCUT2D eigenvalue weighted by Crippen LogP contribution is -2.57. The molecule has 0 bridgehead atoms. The Balaban J connectivity index is 0.917. The van der Waals surface area contributed by atoms with Crippen LogP contribution in [-0.4, -0.2) is 64.0 Å². The lowest BCUT2D eigenvalue weighted by atomic mass is 9.81. The summed E-state index contributed by atoms with van der Waals surface area (Å²) in [5.41, 5.74) is 15.0. The number of benzene rings is 2. The van der Waals surface area contributed by atoms with Crippen LogP contribution in [0, 0.1) is 12.8 Å². The first kappa shape index (κ1) is 32.4. The molecule has 0 aromatic heterocycles. The number of imide groups is 1. The van der Waals surface area contributed by atoms with Gasteiger partial charge in [-0.05, 0) is 110 Å². The first-order valence-electron chi connectivity index (χ1n) is 17.4. The summed E-state index contributed by atoms with van der Waals surface area (Å²) in [6, 6.07) is 15.2. The Bertz CT molecular complexity index is 1750. The third-order valence-electron chi connectivity index (χ3n) is 11.0. The molecule has 2 amide bonds. The third-order valence-corrected chi connectivity index (χ3v) is 11.0. The molecular weight excluding hydrogens is 598 g/mol. The van der Waals surface area contributed by atoms with Crippen LogP contribution in [0.3, 0.4) is 0 Å². The second kappa shape index (κ2) is 13.0. The van der Waals surface area contributed by atoms with Crippen LogP contribution >= 0.6 is 0 Å². The molecule has 0 spiro atoms. The minimum absolute atomic E-state index is 0.179. The van der Waals surface area contributed by atoms with Crippen molar-refractivity contribution in [3.05, 3.63) is 100 Å². The van der Waals surface area contributed by atoms with E-state index in [2.05, 4.69) is 113 Å². The summed E-state index contributed by atoms with van der Waals surface area (Å²) in [6.07, 6.45) is 15.6. The topological polar surface area (TPSA) is 115 Å². The van der Waals surface area contributed by atoms with Crippen molar-refractivity contribution < 1.29 is 9.59 Å². The second-order valence-corrected chi connectivity index (χ2v) is 14.6. The van der Waals surface area contributed by atoms with Crippen LogP contribution in [-0.2, 0) is 22.7 Å². The highest BCUT2D eigenvalue weighted by Crippen LogP contribution is 2.41. The number of fused-ring (bicyclic) bond motifs is 1. The number of hydrogen-bond donors (Lipinski definition) is 3. The summed E-state index contributed by atoms with van der Waals surface area (Å²) in [6.45, 7) is 10.1. The molecule has 9 nitrogen and oxygen atoms in total. The van der Waals surface area contributed by atoms with Gasteiger partial charge in [0.25, 0.3) is 0 Å². The normalized spacial score (nSPS) is 27.8. The van der Waals surface area contributed by atoms with Gasteiger partial charge in [-0.1, -0.05) is 54.6 Å². The van der Waals surface area contributed by atoms with E-state index in [0.29, 0.717) is 25.3 Å². The highest BCUT2D eigenvalue weighted by atomic mass is 16.2. The van der Waals surface area contributed by atoms with Crippen molar-refractivity contribution in [2.75, 3.05) is 13.1 Å². The van der Waals surface area contributed by atoms with Gasteiger partial charge in [-0.25, -0.2) is 4.99 Å². The molecule has 0 radical (unpaired) electrons. The summed E-state index contributed by atoms with van der Waals surface area (Å²) >= 11 is 0. The van der Waals surface area contributed by atoms with Gasteiger partial charge in [0.1, 0.15) is 11.9 Å². The maximum atomic E-state index is 12.3. The van der Waals surface area contributed by atoms with Crippen molar-refractivity contribution in [1.82, 2.24) is 20.5 Å². The van der Waals surface area contributed by atoms with Crippen molar-refractivity contribution in [1.29, 1.82) is 0 Å². The number of rotatable bonds is 8. The molecule has 1 aliphatic carbocycles. The number of nitrogens with one attached hydrogen (secondary N) is 2. The number of nitrogens with two attached hydrogens (primary N) is 1. The highest BCUT2D eigenvalue weighted by Gasteiger charge is 2.44. The molecule has 4 aliphatic heterocycles. The number of aliphatic imine (C=N–C) groups is 1. The Morgan fingerprint density at radius 1 is 1.04 bits per heavy atom. The van der Waals surface area contributed by atoms with Crippen LogP contribution in [0.2, 0.25) is 0 Å². The fourth-order valence-electron chi connectivity index (χ4n) is 7.95. The van der Waals surface area contributed by atoms with Gasteiger partial charge >= 0.3 is 0 Å². The van der Waals surface area contributed by atoms with Gasteiger partial charge in [0.05, 0.1) is 11.8 Å². The Labute approximate surface area is 283 Å². The van der Waals surface area contributed by atoms with E-state index < -0.39 is 0 Å². The molecule has 4 heterocycles. The van der Waals surface area contributed by atoms with Gasteiger partial charge in [-0.2, -0.15) is 5.10 Å². The van der Waals surface area contributed by atoms with Gasteiger partial charge in [-0.3, -0.25) is 30.1 Å². The van der Waals surface area contributed by atoms with E-state index >= 15 is 0 Å². The van der Waals surface area contributed by atoms with Crippen LogP contribution in [0.4, 0.5) is 0 Å². The first-order chi connectivity index (χ1) is 23.1. The lowest BCUT2D eigenvalue weighted by Gasteiger charge is -2.37. The van der Waals surface area contributed by atoms with Gasteiger partial charge in [-0.15, -0.1) is 0 Å². The molecule has 5 aliphatic rings. The number of hydrogen-bond acceptors (Lipinski definition) is 8. The van der Waals surface area contributed by atoms with E-state index in [1.54, 1.807) is 6.34 Å². The number of nitrogens with zero attached hydrogens (tertiary/aromatic N) is 4. The molecule has 9 heteroatoms. The summed E-state index contributed by atoms with van der Waals surface area (Å²) in [5.74, 6) is 0.173. The van der Waals surface area contributed by atoms with Crippen molar-refractivity contribution in [2.24, 2.45) is 21.7 Å². The molecule has 4 N–H and O–H groups in total. The Kier molecular flexibility index (Phi) is 8.79. The van der Waals surface area contributed by atoms with E-state index in [4.69, 9.17) is 10.7 Å². The molecule has 2 saturated heterocycles. The summed E-state index contributed by atoms with van der Waals surface area (Å²) in [7, 11) is 0. The number of carbonyl (C=O) groups is 2. The van der Waals surface area contributed by atoms with Gasteiger partial charge < -0.3 is 5.73 Å². The molecule has 2 fully saturated rings. The molecule has 48 heavy (non-hydrogen) atoms. The zero-order chi connectivity index (χ0) is 33.5. The number of hydrazone groups is 1. The number of likely N-dealkylation sites (tertiary alicyclic amines) is 1. The SMILES string of the molecule is Cc1cc(C2=NC=NN3C=C(c4ccc(CN5CCC(C6=CCC(C)(NC7CCC(=O)NC7=O)C=C6)CC5)cc4)CC23C)ccc1CN. The monoisotopic (exact) mass is 645 g/mol. The quantitative estimate of drug-likeness (QED) is 0.350. The van der Waals surface area contributed by atoms with Crippen LogP contribution in [0.1, 0.15) is 80.2 Å². The largest absolute Gasteiger partial charge is 0.326 e. The van der Waals surface area contributed by atoms with E-state index in [1.165, 1.54) is 27.8 Å². The maximum absolute atomic E-state index is 12.3. The first-order valence-corrected chi connectivity index (χ1v) is 17.4. The Hall–Kier alpha value is -4.18. The molecule has 3 atom stereocenters. The summed E-state index contributed by atoms with van der Waals surface area (Å²) in [5, 5.41) is 12.6. The molecule has 250 valence electrons. The fourth-order valence-corrected chi connectivity index (χ4v) is 7.95. The average Bonchev–Trinajstić information content (AvgIpc) is 3.44. The smallest absolute Gasteiger partial charge is 0.243 e. The standard InChI is InChI=1S/C39H47N7O2/c1-26-20-31(8-9-32(26)22-40)36-39(3)21-33(24-46(39)42-25-41-36)28-6-4-27(5-7-28)23-45-18-14-30(15-19-45)29-12-16-38(2,17-13-29)44-34-10-11-35(47)43-37(34)48/h4-9,12-13,16,20,24-25,30,34,44H,10-11,14-15,17-19,21-23,40H2,1-3H3,(H,43,47,48). The number of aryl methyl sites for hydroxylation is 1. The number of allylic oxidation sites excluding steroid dienone is 2. The number of amides is 2. The van der Waals surface area contributed by atoms with Gasteiger partial charge in [0.15, 0.2) is 0 Å². The Morgan fingerprint density at radius 2 is 1.81 bits per heavy atom. The van der Waals surface area contributed by atoms with E-state index in [9.17, 15) is 9.59 Å². The number of carbonyl (C=O) groups excluding carboxylic acids is 2. The minimum atomic E-state index is -0.338. The maximum Gasteiger partial charge on any atom is 0.243 e. The summed E-state index contributed by atoms with van der Waals surface area (Å²) in [4.78, 5) is 31.1. The highest BCUT2D eigenvalue weighted by molar-refractivity contribution is 6.12. The second-order valence-electron chi connectivity index (χ2n) is 14.6. The third kappa shape index (κ3) is 6.46. The van der Waals surface area contributed by atoms with E-state index in [-0.39, 0.29) is 28.9 Å². The van der Waals surface area contributed by atoms with E-state index in [0.717, 1.165) is 62.2 Å². The van der Waals surface area contributed by atoms with Crippen molar-refractivity contribution >= 4 is 29.4 Å². The molecule has 0 saturated carbocycles. The van der Waals surface area contributed by atoms with Gasteiger partial charge in [0, 0.05) is 37.7 Å². The Morgan fingerprint density at radius 3 is 2.50 bits per heavy atom. The van der Waals surface area contributed by atoms with Crippen molar-refractivity contribution in [2.45, 2.75) is 89.5 Å². The fraction of sp³-hybridized carbons (Fsp3) is 0.436. The molecular formula is C39H47N7O2. The average molecular weight is 646 g/mol. The van der Waals surface area contributed by atoms with Crippen molar-refractivity contribution in [3.63, 3.8) is 0 Å². The van der Waals surface area contributed by atoms with Crippen molar-refractivity contribution in [3.8, 4) is 0 Å². The molecule has 2 aromatic rings. The van der Waals surface area contributed by atoms with E-state index in [1.807, 2.05) is 0 Å². The van der Waals surface area contributed by atoms with Gasteiger partial charge in [0.2, 0.25) is 11.8 Å². The summed E-state index contributed by atoms with van der Waals surface area (Å²) < 4.78 is 0. The minimum Gasteiger partial charge on any atom is -0.326 e. The van der Waals surface area contributed by atoms with Crippen LogP contribution < -0.4 is 16.4 Å². The van der Waals surface area contributed by atoms with Crippen LogP contribution in [0.5, 0.6) is 0 Å². The van der Waals surface area contributed by atoms with Crippen LogP contribution in [0.15, 0.2) is 82.6 Å². The predicted molar refractivity (Wildman–Crippen MR) is 191 cm³/mol. The predicted octanol–water partition coefficient (Wildman–Crippen LogP) is 4.96. The number of piperidine rings is 2. The molecule has 3 unspecified atom stereocenters. The lowest BCUT2D eigenvalue weighted by molar-refractivity contribution is -0.135. The zero-order valence-corrected chi connectivity index (χ0v) is 28.3.